The molecule has 0 rings (SSSR count). The molecule has 0 saturated heterocycles. The van der Waals surface area contributed by atoms with Crippen molar-refractivity contribution >= 4 is 11.9 Å². The lowest BCUT2D eigenvalue weighted by Gasteiger charge is -1.99. The quantitative estimate of drug-likeness (QED) is 0.0252. The van der Waals surface area contributed by atoms with Crippen molar-refractivity contribution in [3.05, 3.63) is 24.3 Å². The molecule has 0 amide bonds. The second kappa shape index (κ2) is 46.8. The lowest BCUT2D eigenvalue weighted by Crippen LogP contribution is -2.21. The van der Waals surface area contributed by atoms with Gasteiger partial charge in [0, 0.05) is 19.4 Å². The summed E-state index contributed by atoms with van der Waals surface area (Å²) >= 11 is 0. The molecular formula is C39H78N2O4. The fourth-order valence-corrected chi connectivity index (χ4v) is 4.84. The van der Waals surface area contributed by atoms with Crippen molar-refractivity contribution in [3.8, 4) is 0 Å². The van der Waals surface area contributed by atoms with Gasteiger partial charge in [0.2, 0.25) is 0 Å². The molecule has 0 spiro atoms. The van der Waals surface area contributed by atoms with E-state index < -0.39 is 11.9 Å². The standard InChI is InChI=1S/2C18H34O2.C3H10N2/c2*1-2-3-4-5-6-7-8-9-10-11-12-13-14-15-16-17-18(19)20;1-2-3-5-4/h2*9-10H,2-8,11-17H2,1H3,(H,19,20);5H,2-4H2,1H3/b2*10-9-;. The predicted molar refractivity (Wildman–Crippen MR) is 197 cm³/mol. The first kappa shape index (κ1) is 47.7. The largest absolute Gasteiger partial charge is 0.481 e. The normalized spacial score (nSPS) is 10.9. The van der Waals surface area contributed by atoms with Crippen LogP contribution in [0.4, 0.5) is 0 Å². The molecule has 0 aromatic carbocycles. The minimum atomic E-state index is -0.664. The van der Waals surface area contributed by atoms with Gasteiger partial charge in [0.05, 0.1) is 0 Å². The zero-order valence-electron chi connectivity index (χ0n) is 30.3. The summed E-state index contributed by atoms with van der Waals surface area (Å²) in [4.78, 5) is 20.6. The van der Waals surface area contributed by atoms with Gasteiger partial charge in [-0.25, -0.2) is 0 Å². The summed E-state index contributed by atoms with van der Waals surface area (Å²) < 4.78 is 0. The van der Waals surface area contributed by atoms with E-state index in [1.165, 1.54) is 141 Å². The number of nitrogens with two attached hydrogens (primary N) is 1. The maximum atomic E-state index is 10.3. The fourth-order valence-electron chi connectivity index (χ4n) is 4.84. The second-order valence-electron chi connectivity index (χ2n) is 12.4. The Bertz CT molecular complexity index is 570. The van der Waals surface area contributed by atoms with E-state index >= 15 is 0 Å². The van der Waals surface area contributed by atoms with Crippen molar-refractivity contribution < 1.29 is 19.8 Å². The van der Waals surface area contributed by atoms with Gasteiger partial charge < -0.3 is 10.2 Å². The summed E-state index contributed by atoms with van der Waals surface area (Å²) in [6.45, 7) is 7.50. The molecule has 6 nitrogen and oxygen atoms in total. The Balaban J connectivity index is -0.000000680. The molecule has 0 saturated carbocycles. The third-order valence-electron chi connectivity index (χ3n) is 7.70. The predicted octanol–water partition coefficient (Wildman–Crippen LogP) is 12.1. The van der Waals surface area contributed by atoms with E-state index in [0.717, 1.165) is 38.6 Å². The molecule has 0 aliphatic carbocycles. The van der Waals surface area contributed by atoms with Gasteiger partial charge in [-0.2, -0.15) is 0 Å². The van der Waals surface area contributed by atoms with Crippen LogP contribution >= 0.6 is 0 Å². The van der Waals surface area contributed by atoms with Crippen molar-refractivity contribution in [3.63, 3.8) is 0 Å². The number of hydrogen-bond donors (Lipinski definition) is 4. The van der Waals surface area contributed by atoms with E-state index in [2.05, 4.69) is 50.5 Å². The summed E-state index contributed by atoms with van der Waals surface area (Å²) in [5, 5.41) is 17.0. The molecule has 0 bridgehead atoms. The Morgan fingerprint density at radius 2 is 0.711 bits per heavy atom. The molecular weight excluding hydrogens is 560 g/mol. The SMILES string of the molecule is CCCCCCCC/C=C\CCCCCCCC(=O)O.CCCCCCCC/C=C\CCCCCCCC(=O)O.CCCNN. The highest BCUT2D eigenvalue weighted by Gasteiger charge is 1.97. The molecule has 0 heterocycles. The number of nitrogens with one attached hydrogen (secondary N) is 1. The van der Waals surface area contributed by atoms with E-state index in [-0.39, 0.29) is 0 Å². The summed E-state index contributed by atoms with van der Waals surface area (Å²) in [5.41, 5.74) is 2.52. The van der Waals surface area contributed by atoms with Crippen LogP contribution in [0.3, 0.4) is 0 Å². The van der Waals surface area contributed by atoms with Crippen molar-refractivity contribution in [1.82, 2.24) is 5.43 Å². The van der Waals surface area contributed by atoms with Gasteiger partial charge >= 0.3 is 11.9 Å². The maximum Gasteiger partial charge on any atom is 0.303 e. The van der Waals surface area contributed by atoms with E-state index in [1.54, 1.807) is 0 Å². The van der Waals surface area contributed by atoms with Crippen LogP contribution < -0.4 is 11.3 Å². The Hall–Kier alpha value is -1.66. The highest BCUT2D eigenvalue weighted by atomic mass is 16.4. The Kier molecular flexibility index (Phi) is 49.6. The van der Waals surface area contributed by atoms with Crippen LogP contribution in [0, 0.1) is 0 Å². The molecule has 0 aromatic rings. The van der Waals surface area contributed by atoms with Gasteiger partial charge in [-0.1, -0.05) is 148 Å². The first-order valence-corrected chi connectivity index (χ1v) is 19.1. The van der Waals surface area contributed by atoms with Crippen molar-refractivity contribution in [2.24, 2.45) is 5.84 Å². The van der Waals surface area contributed by atoms with Gasteiger partial charge in [0.25, 0.3) is 0 Å². The molecule has 0 aliphatic rings. The number of unbranched alkanes of at least 4 members (excludes halogenated alkanes) is 22. The molecule has 0 radical (unpaired) electrons. The molecule has 0 aliphatic heterocycles. The van der Waals surface area contributed by atoms with Gasteiger partial charge in [-0.15, -0.1) is 0 Å². The van der Waals surface area contributed by atoms with Gasteiger partial charge in [-0.3, -0.25) is 20.9 Å². The molecule has 268 valence electrons. The van der Waals surface area contributed by atoms with Gasteiger partial charge in [-0.05, 0) is 70.6 Å². The minimum absolute atomic E-state index is 0.332. The third-order valence-corrected chi connectivity index (χ3v) is 7.70. The van der Waals surface area contributed by atoms with Crippen LogP contribution in [0.1, 0.15) is 207 Å². The van der Waals surface area contributed by atoms with Crippen LogP contribution in [0.25, 0.3) is 0 Å². The fraction of sp³-hybridized carbons (Fsp3) is 0.846. The molecule has 0 atom stereocenters. The van der Waals surface area contributed by atoms with Crippen LogP contribution in [0.2, 0.25) is 0 Å². The van der Waals surface area contributed by atoms with Crippen LogP contribution in [-0.4, -0.2) is 28.7 Å². The number of hydrogen-bond acceptors (Lipinski definition) is 4. The summed E-state index contributed by atoms with van der Waals surface area (Å²) in [6.07, 6.45) is 43.6. The van der Waals surface area contributed by atoms with Crippen LogP contribution in [-0.2, 0) is 9.59 Å². The number of rotatable bonds is 32. The Morgan fingerprint density at radius 3 is 0.933 bits per heavy atom. The molecule has 0 fully saturated rings. The molecule has 45 heavy (non-hydrogen) atoms. The van der Waals surface area contributed by atoms with Crippen LogP contribution in [0.15, 0.2) is 24.3 Å². The smallest absolute Gasteiger partial charge is 0.303 e. The number of aliphatic carboxylic acids is 2. The van der Waals surface area contributed by atoms with E-state index in [0.29, 0.717) is 12.8 Å². The van der Waals surface area contributed by atoms with Crippen molar-refractivity contribution in [2.75, 3.05) is 6.54 Å². The first-order chi connectivity index (χ1) is 22.0. The van der Waals surface area contributed by atoms with Crippen molar-refractivity contribution in [1.29, 1.82) is 0 Å². The second-order valence-corrected chi connectivity index (χ2v) is 12.4. The summed E-state index contributed by atoms with van der Waals surface area (Å²) in [7, 11) is 0. The highest BCUT2D eigenvalue weighted by molar-refractivity contribution is 5.66. The number of carbonyl (C=O) groups is 2. The van der Waals surface area contributed by atoms with Gasteiger partial charge in [0.15, 0.2) is 0 Å². The lowest BCUT2D eigenvalue weighted by atomic mass is 10.1. The summed E-state index contributed by atoms with van der Waals surface area (Å²) in [6, 6.07) is 0. The average molecular weight is 639 g/mol. The molecule has 5 N–H and O–H groups in total. The van der Waals surface area contributed by atoms with E-state index in [1.807, 2.05) is 0 Å². The molecule has 0 unspecified atom stereocenters. The van der Waals surface area contributed by atoms with E-state index in [9.17, 15) is 9.59 Å². The van der Waals surface area contributed by atoms with Crippen LogP contribution in [0.5, 0.6) is 0 Å². The van der Waals surface area contributed by atoms with E-state index in [4.69, 9.17) is 16.1 Å². The zero-order chi connectivity index (χ0) is 33.9. The topological polar surface area (TPSA) is 113 Å². The lowest BCUT2D eigenvalue weighted by molar-refractivity contribution is -0.138. The molecule has 6 heteroatoms. The third kappa shape index (κ3) is 58.4. The molecule has 0 aromatic heterocycles. The Morgan fingerprint density at radius 1 is 0.444 bits per heavy atom. The number of allylic oxidation sites excluding steroid dienone is 4. The Labute approximate surface area is 280 Å². The first-order valence-electron chi connectivity index (χ1n) is 19.1. The average Bonchev–Trinajstić information content (AvgIpc) is 3.02. The van der Waals surface area contributed by atoms with Crippen molar-refractivity contribution in [2.45, 2.75) is 207 Å². The highest BCUT2D eigenvalue weighted by Crippen LogP contribution is 2.11. The monoisotopic (exact) mass is 639 g/mol. The summed E-state index contributed by atoms with van der Waals surface area (Å²) in [5.74, 6) is 3.56. The zero-order valence-corrected chi connectivity index (χ0v) is 30.3. The maximum absolute atomic E-state index is 10.3. The number of hydrazine groups is 1. The number of carboxylic acid groups (broad SMARTS) is 2. The minimum Gasteiger partial charge on any atom is -0.481 e. The van der Waals surface area contributed by atoms with Gasteiger partial charge in [0.1, 0.15) is 0 Å². The number of carboxylic acids is 2.